The van der Waals surface area contributed by atoms with Gasteiger partial charge in [0, 0.05) is 25.0 Å². The van der Waals surface area contributed by atoms with E-state index in [0.717, 1.165) is 16.3 Å². The molecule has 3 nitrogen and oxygen atoms in total. The number of rotatable bonds is 1. The normalized spacial score (nSPS) is 10.5. The Morgan fingerprint density at radius 3 is 2.53 bits per heavy atom. The van der Waals surface area contributed by atoms with Crippen molar-refractivity contribution in [3.63, 3.8) is 0 Å². The minimum Gasteiger partial charge on any atom is -0.507 e. The standard InChI is InChI=1S/C14H15NO2/c1-9-4-5-10-7-11(14(17)15(2)3)8-13(16)12(10)6-9/h4-8,16H,1-3H3. The molecule has 1 N–H and O–H groups in total. The molecule has 0 aromatic heterocycles. The van der Waals surface area contributed by atoms with Crippen LogP contribution in [0.5, 0.6) is 5.75 Å². The van der Waals surface area contributed by atoms with E-state index in [9.17, 15) is 9.90 Å². The highest BCUT2D eigenvalue weighted by Crippen LogP contribution is 2.27. The van der Waals surface area contributed by atoms with Crippen LogP contribution in [0.4, 0.5) is 0 Å². The summed E-state index contributed by atoms with van der Waals surface area (Å²) in [7, 11) is 3.39. The molecule has 0 saturated heterocycles. The van der Waals surface area contributed by atoms with Crippen molar-refractivity contribution in [2.24, 2.45) is 0 Å². The summed E-state index contributed by atoms with van der Waals surface area (Å²) in [4.78, 5) is 13.3. The SMILES string of the molecule is Cc1ccc2cc(C(=O)N(C)C)cc(O)c2c1. The molecular formula is C14H15NO2. The number of benzene rings is 2. The van der Waals surface area contributed by atoms with Crippen LogP contribution < -0.4 is 0 Å². The second kappa shape index (κ2) is 4.09. The van der Waals surface area contributed by atoms with Gasteiger partial charge in [0.15, 0.2) is 0 Å². The molecular weight excluding hydrogens is 214 g/mol. The van der Waals surface area contributed by atoms with Crippen molar-refractivity contribution in [2.45, 2.75) is 6.92 Å². The molecule has 17 heavy (non-hydrogen) atoms. The molecule has 0 atom stereocenters. The fraction of sp³-hybridized carbons (Fsp3) is 0.214. The fourth-order valence-corrected chi connectivity index (χ4v) is 1.83. The Labute approximate surface area is 100 Å². The molecule has 0 radical (unpaired) electrons. The van der Waals surface area contributed by atoms with Gasteiger partial charge in [-0.05, 0) is 30.5 Å². The Morgan fingerprint density at radius 1 is 1.18 bits per heavy atom. The number of phenolic OH excluding ortho intramolecular Hbond substituents is 1. The second-order valence-electron chi connectivity index (χ2n) is 4.42. The van der Waals surface area contributed by atoms with Crippen molar-refractivity contribution in [3.8, 4) is 5.75 Å². The first kappa shape index (κ1) is 11.5. The third-order valence-corrected chi connectivity index (χ3v) is 2.74. The zero-order chi connectivity index (χ0) is 12.6. The maximum Gasteiger partial charge on any atom is 0.253 e. The van der Waals surface area contributed by atoms with E-state index in [0.29, 0.717) is 5.56 Å². The lowest BCUT2D eigenvalue weighted by Gasteiger charge is -2.12. The van der Waals surface area contributed by atoms with Gasteiger partial charge in [-0.25, -0.2) is 0 Å². The van der Waals surface area contributed by atoms with Crippen molar-refractivity contribution in [1.82, 2.24) is 4.90 Å². The van der Waals surface area contributed by atoms with Crippen LogP contribution in [0.2, 0.25) is 0 Å². The van der Waals surface area contributed by atoms with Crippen LogP contribution >= 0.6 is 0 Å². The van der Waals surface area contributed by atoms with Gasteiger partial charge in [-0.3, -0.25) is 4.79 Å². The number of carbonyl (C=O) groups is 1. The molecule has 0 spiro atoms. The summed E-state index contributed by atoms with van der Waals surface area (Å²) in [5.41, 5.74) is 1.59. The van der Waals surface area contributed by atoms with Crippen LogP contribution in [-0.4, -0.2) is 30.0 Å². The van der Waals surface area contributed by atoms with E-state index in [1.807, 2.05) is 25.1 Å². The molecule has 0 aliphatic carbocycles. The second-order valence-corrected chi connectivity index (χ2v) is 4.42. The highest BCUT2D eigenvalue weighted by molar-refractivity contribution is 6.00. The van der Waals surface area contributed by atoms with E-state index in [2.05, 4.69) is 0 Å². The molecule has 0 saturated carbocycles. The molecule has 2 aromatic carbocycles. The van der Waals surface area contributed by atoms with E-state index >= 15 is 0 Å². The van der Waals surface area contributed by atoms with Crippen molar-refractivity contribution in [3.05, 3.63) is 41.5 Å². The number of aryl methyl sites for hydroxylation is 1. The van der Waals surface area contributed by atoms with Gasteiger partial charge in [0.25, 0.3) is 5.91 Å². The Balaban J connectivity index is 2.64. The number of nitrogens with zero attached hydrogens (tertiary/aromatic N) is 1. The van der Waals surface area contributed by atoms with Gasteiger partial charge < -0.3 is 10.0 Å². The summed E-state index contributed by atoms with van der Waals surface area (Å²) in [6.45, 7) is 1.97. The average molecular weight is 229 g/mol. The number of aromatic hydroxyl groups is 1. The van der Waals surface area contributed by atoms with E-state index in [1.54, 1.807) is 20.2 Å². The van der Waals surface area contributed by atoms with Crippen LogP contribution in [0.3, 0.4) is 0 Å². The molecule has 0 fully saturated rings. The number of carbonyl (C=O) groups excluding carboxylic acids is 1. The minimum atomic E-state index is -0.109. The molecule has 0 unspecified atom stereocenters. The van der Waals surface area contributed by atoms with E-state index in [1.165, 1.54) is 11.0 Å². The van der Waals surface area contributed by atoms with E-state index in [-0.39, 0.29) is 11.7 Å². The lowest BCUT2D eigenvalue weighted by Crippen LogP contribution is -2.21. The summed E-state index contributed by atoms with van der Waals surface area (Å²) in [5, 5.41) is 11.6. The topological polar surface area (TPSA) is 40.5 Å². The molecule has 0 aliphatic rings. The van der Waals surface area contributed by atoms with Gasteiger partial charge in [-0.15, -0.1) is 0 Å². The predicted molar refractivity (Wildman–Crippen MR) is 68.4 cm³/mol. The summed E-state index contributed by atoms with van der Waals surface area (Å²) in [6, 6.07) is 9.11. The van der Waals surface area contributed by atoms with Crippen LogP contribution in [0.15, 0.2) is 30.3 Å². The minimum absolute atomic E-state index is 0.109. The molecule has 3 heteroatoms. The molecule has 0 bridgehead atoms. The van der Waals surface area contributed by atoms with Crippen molar-refractivity contribution in [1.29, 1.82) is 0 Å². The van der Waals surface area contributed by atoms with Gasteiger partial charge >= 0.3 is 0 Å². The molecule has 88 valence electrons. The Hall–Kier alpha value is -2.03. The summed E-state index contributed by atoms with van der Waals surface area (Å²) < 4.78 is 0. The van der Waals surface area contributed by atoms with Crippen molar-refractivity contribution < 1.29 is 9.90 Å². The van der Waals surface area contributed by atoms with Crippen LogP contribution in [0.25, 0.3) is 10.8 Å². The Morgan fingerprint density at radius 2 is 1.88 bits per heavy atom. The lowest BCUT2D eigenvalue weighted by molar-refractivity contribution is 0.0827. The first-order valence-corrected chi connectivity index (χ1v) is 5.44. The van der Waals surface area contributed by atoms with Crippen LogP contribution in [0, 0.1) is 6.92 Å². The summed E-state index contributed by atoms with van der Waals surface area (Å²) in [6.07, 6.45) is 0. The maximum atomic E-state index is 11.8. The van der Waals surface area contributed by atoms with Gasteiger partial charge in [0.1, 0.15) is 5.75 Å². The number of amides is 1. The number of fused-ring (bicyclic) bond motifs is 1. The number of hydrogen-bond acceptors (Lipinski definition) is 2. The Kier molecular flexibility index (Phi) is 2.76. The van der Waals surface area contributed by atoms with Crippen LogP contribution in [0.1, 0.15) is 15.9 Å². The number of phenols is 1. The van der Waals surface area contributed by atoms with E-state index in [4.69, 9.17) is 0 Å². The average Bonchev–Trinajstić information content (AvgIpc) is 2.28. The van der Waals surface area contributed by atoms with Gasteiger partial charge in [0.2, 0.25) is 0 Å². The van der Waals surface area contributed by atoms with Gasteiger partial charge in [-0.2, -0.15) is 0 Å². The van der Waals surface area contributed by atoms with E-state index < -0.39 is 0 Å². The smallest absolute Gasteiger partial charge is 0.253 e. The molecule has 2 rings (SSSR count). The molecule has 2 aromatic rings. The lowest BCUT2D eigenvalue weighted by atomic mass is 10.0. The quantitative estimate of drug-likeness (QED) is 0.816. The molecule has 0 aliphatic heterocycles. The zero-order valence-electron chi connectivity index (χ0n) is 10.2. The highest BCUT2D eigenvalue weighted by atomic mass is 16.3. The third kappa shape index (κ3) is 2.09. The monoisotopic (exact) mass is 229 g/mol. The van der Waals surface area contributed by atoms with Gasteiger partial charge in [0.05, 0.1) is 0 Å². The molecule has 0 heterocycles. The Bertz CT molecular complexity index is 588. The largest absolute Gasteiger partial charge is 0.507 e. The maximum absolute atomic E-state index is 11.8. The zero-order valence-corrected chi connectivity index (χ0v) is 10.2. The first-order valence-electron chi connectivity index (χ1n) is 5.44. The third-order valence-electron chi connectivity index (χ3n) is 2.74. The summed E-state index contributed by atoms with van der Waals surface area (Å²) >= 11 is 0. The van der Waals surface area contributed by atoms with Gasteiger partial charge in [-0.1, -0.05) is 17.7 Å². The van der Waals surface area contributed by atoms with Crippen LogP contribution in [-0.2, 0) is 0 Å². The predicted octanol–water partition coefficient (Wildman–Crippen LogP) is 2.56. The fourth-order valence-electron chi connectivity index (χ4n) is 1.83. The first-order chi connectivity index (χ1) is 7.99. The van der Waals surface area contributed by atoms with Crippen molar-refractivity contribution >= 4 is 16.7 Å². The highest BCUT2D eigenvalue weighted by Gasteiger charge is 2.11. The summed E-state index contributed by atoms with van der Waals surface area (Å²) in [5.74, 6) is 0.0409. The molecule has 1 amide bonds. The number of hydrogen-bond donors (Lipinski definition) is 1. The van der Waals surface area contributed by atoms with Crippen molar-refractivity contribution in [2.75, 3.05) is 14.1 Å².